The summed E-state index contributed by atoms with van der Waals surface area (Å²) in [6.45, 7) is 1.04. The molecule has 7 heteroatoms. The summed E-state index contributed by atoms with van der Waals surface area (Å²) in [6, 6.07) is 20.9. The maximum Gasteiger partial charge on any atom is 0.241 e. The average Bonchev–Trinajstić information content (AvgIpc) is 3.03. The summed E-state index contributed by atoms with van der Waals surface area (Å²) < 4.78 is 45.8. The van der Waals surface area contributed by atoms with Crippen LogP contribution in [0.5, 0.6) is 17.2 Å². The second-order valence-corrected chi connectivity index (χ2v) is 8.61. The van der Waals surface area contributed by atoms with Crippen LogP contribution in [-0.4, -0.2) is 28.7 Å². The van der Waals surface area contributed by atoms with Crippen molar-refractivity contribution < 1.29 is 22.6 Å². The zero-order valence-corrected chi connectivity index (χ0v) is 17.4. The lowest BCUT2D eigenvalue weighted by Gasteiger charge is -2.20. The Balaban J connectivity index is 1.69. The third-order valence-electron chi connectivity index (χ3n) is 4.88. The summed E-state index contributed by atoms with van der Waals surface area (Å²) in [6.07, 6.45) is 0.753. The number of sulfonamides is 1. The molecule has 30 heavy (non-hydrogen) atoms. The van der Waals surface area contributed by atoms with E-state index in [4.69, 9.17) is 14.2 Å². The van der Waals surface area contributed by atoms with Crippen molar-refractivity contribution in [2.45, 2.75) is 17.4 Å². The number of fused-ring (bicyclic) bond motifs is 1. The van der Waals surface area contributed by atoms with Crippen LogP contribution in [0.4, 0.5) is 0 Å². The molecule has 0 amide bonds. The van der Waals surface area contributed by atoms with E-state index in [9.17, 15) is 8.42 Å². The molecule has 0 unspecified atom stereocenters. The minimum Gasteiger partial charge on any atom is -0.497 e. The molecule has 0 bridgehead atoms. The number of methoxy groups -OCH3 is 1. The molecule has 1 aliphatic rings. The van der Waals surface area contributed by atoms with Crippen LogP contribution in [-0.2, 0) is 10.0 Å². The maximum absolute atomic E-state index is 13.3. The molecule has 0 saturated carbocycles. The van der Waals surface area contributed by atoms with Gasteiger partial charge in [0.05, 0.1) is 31.3 Å². The predicted molar refractivity (Wildman–Crippen MR) is 114 cm³/mol. The lowest BCUT2D eigenvalue weighted by Crippen LogP contribution is -2.29. The van der Waals surface area contributed by atoms with Gasteiger partial charge >= 0.3 is 0 Å². The van der Waals surface area contributed by atoms with Crippen molar-refractivity contribution in [3.8, 4) is 17.2 Å². The molecule has 6 nitrogen and oxygen atoms in total. The van der Waals surface area contributed by atoms with Crippen LogP contribution in [0.25, 0.3) is 0 Å². The molecular formula is C23H23NO5S. The molecule has 0 aromatic heterocycles. The third-order valence-corrected chi connectivity index (χ3v) is 6.30. The van der Waals surface area contributed by atoms with E-state index >= 15 is 0 Å². The number of benzene rings is 3. The van der Waals surface area contributed by atoms with Crippen LogP contribution in [0.15, 0.2) is 77.7 Å². The van der Waals surface area contributed by atoms with Gasteiger partial charge in [-0.1, -0.05) is 42.5 Å². The standard InChI is InChI=1S/C23H23NO5S/c1-27-19-10-8-18(9-11-19)23(17-6-3-2-4-7-17)24-30(25,26)20-12-13-21-22(16-20)29-15-5-14-28-21/h2-4,6-13,16,23-24H,5,14-15H2,1H3/t23-/m1/s1. The van der Waals surface area contributed by atoms with Crippen molar-refractivity contribution in [3.63, 3.8) is 0 Å². The quantitative estimate of drug-likeness (QED) is 0.648. The molecule has 1 atom stereocenters. The van der Waals surface area contributed by atoms with Gasteiger partial charge in [0.2, 0.25) is 10.0 Å². The van der Waals surface area contributed by atoms with Crippen molar-refractivity contribution in [2.24, 2.45) is 0 Å². The average molecular weight is 426 g/mol. The summed E-state index contributed by atoms with van der Waals surface area (Å²) in [4.78, 5) is 0.126. The van der Waals surface area contributed by atoms with E-state index in [1.54, 1.807) is 13.2 Å². The van der Waals surface area contributed by atoms with Crippen LogP contribution < -0.4 is 18.9 Å². The Labute approximate surface area is 176 Å². The summed E-state index contributed by atoms with van der Waals surface area (Å²) >= 11 is 0. The van der Waals surface area contributed by atoms with Crippen LogP contribution >= 0.6 is 0 Å². The first-order valence-electron chi connectivity index (χ1n) is 9.68. The first kappa shape index (κ1) is 20.3. The fourth-order valence-electron chi connectivity index (χ4n) is 3.30. The maximum atomic E-state index is 13.3. The number of hydrogen-bond acceptors (Lipinski definition) is 5. The van der Waals surface area contributed by atoms with E-state index in [-0.39, 0.29) is 4.90 Å². The molecule has 0 radical (unpaired) electrons. The molecule has 0 aliphatic carbocycles. The van der Waals surface area contributed by atoms with Crippen molar-refractivity contribution in [2.75, 3.05) is 20.3 Å². The smallest absolute Gasteiger partial charge is 0.241 e. The Hall–Kier alpha value is -3.03. The van der Waals surface area contributed by atoms with Gasteiger partial charge in [-0.3, -0.25) is 0 Å². The largest absolute Gasteiger partial charge is 0.497 e. The summed E-state index contributed by atoms with van der Waals surface area (Å²) in [5.74, 6) is 1.70. The highest BCUT2D eigenvalue weighted by atomic mass is 32.2. The zero-order chi connectivity index (χ0) is 21.0. The summed E-state index contributed by atoms with van der Waals surface area (Å²) in [5, 5.41) is 0. The van der Waals surface area contributed by atoms with Crippen LogP contribution in [0, 0.1) is 0 Å². The zero-order valence-electron chi connectivity index (χ0n) is 16.6. The van der Waals surface area contributed by atoms with Crippen LogP contribution in [0.1, 0.15) is 23.6 Å². The fraction of sp³-hybridized carbons (Fsp3) is 0.217. The van der Waals surface area contributed by atoms with E-state index in [0.29, 0.717) is 30.5 Å². The number of rotatable bonds is 6. The highest BCUT2D eigenvalue weighted by Crippen LogP contribution is 2.33. The van der Waals surface area contributed by atoms with Gasteiger partial charge in [0.25, 0.3) is 0 Å². The SMILES string of the molecule is COc1ccc([C@H](NS(=O)(=O)c2ccc3c(c2)OCCCO3)c2ccccc2)cc1. The fourth-order valence-corrected chi connectivity index (χ4v) is 4.53. The summed E-state index contributed by atoms with van der Waals surface area (Å²) in [5.41, 5.74) is 1.64. The number of ether oxygens (including phenoxy) is 3. The predicted octanol–water partition coefficient (Wildman–Crippen LogP) is 3.92. The molecule has 0 spiro atoms. The second kappa shape index (κ2) is 8.77. The van der Waals surface area contributed by atoms with Crippen LogP contribution in [0.2, 0.25) is 0 Å². The van der Waals surface area contributed by atoms with Crippen LogP contribution in [0.3, 0.4) is 0 Å². The minimum absolute atomic E-state index is 0.126. The third kappa shape index (κ3) is 4.42. The molecular weight excluding hydrogens is 402 g/mol. The molecule has 0 fully saturated rings. The molecule has 1 N–H and O–H groups in total. The Kier molecular flexibility index (Phi) is 5.92. The lowest BCUT2D eigenvalue weighted by molar-refractivity contribution is 0.297. The normalized spacial score (nSPS) is 14.6. The molecule has 156 valence electrons. The Morgan fingerprint density at radius 3 is 2.23 bits per heavy atom. The van der Waals surface area contributed by atoms with Gasteiger partial charge in [-0.05, 0) is 35.4 Å². The van der Waals surface area contributed by atoms with E-state index in [1.165, 1.54) is 12.1 Å². The van der Waals surface area contributed by atoms with Gasteiger partial charge in [-0.25, -0.2) is 8.42 Å². The molecule has 3 aromatic rings. The van der Waals surface area contributed by atoms with E-state index in [2.05, 4.69) is 4.72 Å². The van der Waals surface area contributed by atoms with Crippen molar-refractivity contribution >= 4 is 10.0 Å². The van der Waals surface area contributed by atoms with Crippen molar-refractivity contribution in [1.29, 1.82) is 0 Å². The van der Waals surface area contributed by atoms with E-state index in [1.807, 2.05) is 54.6 Å². The van der Waals surface area contributed by atoms with Gasteiger partial charge < -0.3 is 14.2 Å². The van der Waals surface area contributed by atoms with Gasteiger partial charge in [0.1, 0.15) is 5.75 Å². The van der Waals surface area contributed by atoms with Gasteiger partial charge in [0.15, 0.2) is 11.5 Å². The van der Waals surface area contributed by atoms with Gasteiger partial charge in [-0.2, -0.15) is 4.72 Å². The number of nitrogens with one attached hydrogen (secondary N) is 1. The topological polar surface area (TPSA) is 73.9 Å². The monoisotopic (exact) mass is 425 g/mol. The van der Waals surface area contributed by atoms with E-state index in [0.717, 1.165) is 17.5 Å². The Morgan fingerprint density at radius 2 is 1.53 bits per heavy atom. The molecule has 0 saturated heterocycles. The van der Waals surface area contributed by atoms with E-state index < -0.39 is 16.1 Å². The van der Waals surface area contributed by atoms with Crippen molar-refractivity contribution in [1.82, 2.24) is 4.72 Å². The Morgan fingerprint density at radius 1 is 0.867 bits per heavy atom. The number of hydrogen-bond donors (Lipinski definition) is 1. The molecule has 1 heterocycles. The second-order valence-electron chi connectivity index (χ2n) is 6.90. The van der Waals surface area contributed by atoms with Gasteiger partial charge in [0, 0.05) is 12.5 Å². The first-order valence-corrected chi connectivity index (χ1v) is 11.2. The molecule has 4 rings (SSSR count). The molecule has 1 aliphatic heterocycles. The molecule has 3 aromatic carbocycles. The first-order chi connectivity index (χ1) is 14.6. The highest BCUT2D eigenvalue weighted by Gasteiger charge is 2.24. The Bertz CT molecular complexity index is 1100. The summed E-state index contributed by atoms with van der Waals surface area (Å²) in [7, 11) is -2.24. The van der Waals surface area contributed by atoms with Gasteiger partial charge in [-0.15, -0.1) is 0 Å². The lowest BCUT2D eigenvalue weighted by atomic mass is 10.00. The minimum atomic E-state index is -3.83. The van der Waals surface area contributed by atoms with Crippen molar-refractivity contribution in [3.05, 3.63) is 83.9 Å². The highest BCUT2D eigenvalue weighted by molar-refractivity contribution is 7.89.